The summed E-state index contributed by atoms with van der Waals surface area (Å²) in [7, 11) is 0. The van der Waals surface area contributed by atoms with E-state index in [1.807, 2.05) is 66.7 Å². The van der Waals surface area contributed by atoms with E-state index in [4.69, 9.17) is 24.9 Å². The Morgan fingerprint density at radius 1 is 0.278 bits per heavy atom. The molecule has 9 heteroatoms. The molecule has 8 nitrogen and oxygen atoms in total. The zero-order valence-corrected chi connectivity index (χ0v) is 49.4. The van der Waals surface area contributed by atoms with Crippen molar-refractivity contribution in [3.63, 3.8) is 0 Å². The van der Waals surface area contributed by atoms with Gasteiger partial charge in [0.15, 0.2) is 23.3 Å². The summed E-state index contributed by atoms with van der Waals surface area (Å²) in [5.41, 5.74) is 25.5. The van der Waals surface area contributed by atoms with Gasteiger partial charge in [0.05, 0.1) is 28.1 Å². The number of benzene rings is 12. The van der Waals surface area contributed by atoms with E-state index in [2.05, 4.69) is 259 Å². The highest BCUT2D eigenvalue weighted by Gasteiger charge is 2.43. The Morgan fingerprint density at radius 3 is 1.30 bits per heavy atom. The van der Waals surface area contributed by atoms with Crippen LogP contribution in [-0.4, -0.2) is 36.2 Å². The summed E-state index contributed by atoms with van der Waals surface area (Å²) < 4.78 is 2.39. The lowest BCUT2D eigenvalue weighted by atomic mass is 9.33. The van der Waals surface area contributed by atoms with Gasteiger partial charge in [0.1, 0.15) is 0 Å². The Balaban J connectivity index is 0.812. The highest BCUT2D eigenvalue weighted by molar-refractivity contribution is 7.00. The van der Waals surface area contributed by atoms with Crippen molar-refractivity contribution < 1.29 is 0 Å². The molecule has 0 unspecified atom stereocenters. The van der Waals surface area contributed by atoms with Crippen molar-refractivity contribution in [2.75, 3.05) is 9.80 Å². The van der Waals surface area contributed by atoms with E-state index >= 15 is 0 Å². The zero-order valence-electron chi connectivity index (χ0n) is 49.4. The Labute approximate surface area is 522 Å². The molecule has 5 heterocycles. The minimum absolute atomic E-state index is 0.0690. The van der Waals surface area contributed by atoms with Crippen LogP contribution in [-0.2, 0) is 0 Å². The molecule has 422 valence electrons. The maximum atomic E-state index is 5.65. The van der Waals surface area contributed by atoms with Gasteiger partial charge in [0.25, 0.3) is 6.71 Å². The molecule has 12 aromatic carbocycles. The van der Waals surface area contributed by atoms with E-state index in [-0.39, 0.29) is 6.71 Å². The number of rotatable bonds is 10. The fourth-order valence-electron chi connectivity index (χ4n) is 13.6. The minimum atomic E-state index is 0.0690. The van der Waals surface area contributed by atoms with Crippen molar-refractivity contribution in [3.8, 4) is 84.9 Å². The molecule has 0 bridgehead atoms. The molecule has 90 heavy (non-hydrogen) atoms. The molecule has 0 atom stereocenters. The number of aromatic nitrogens is 6. The normalized spacial score (nSPS) is 12.3. The number of para-hydroxylation sites is 3. The van der Waals surface area contributed by atoms with Crippen LogP contribution < -0.4 is 26.2 Å². The van der Waals surface area contributed by atoms with Crippen molar-refractivity contribution in [2.45, 2.75) is 13.8 Å². The van der Waals surface area contributed by atoms with Crippen molar-refractivity contribution in [1.29, 1.82) is 0 Å². The van der Waals surface area contributed by atoms with Gasteiger partial charge in [-0.1, -0.05) is 205 Å². The molecule has 0 radical (unpaired) electrons. The molecular formula is C81H55BN8. The topological polar surface area (TPSA) is 75.9 Å². The van der Waals surface area contributed by atoms with Crippen molar-refractivity contribution in [2.24, 2.45) is 0 Å². The van der Waals surface area contributed by atoms with Crippen LogP contribution in [0.4, 0.5) is 34.1 Å². The fraction of sp³-hybridized carbons (Fsp3) is 0.0247. The first kappa shape index (κ1) is 52.5. The van der Waals surface area contributed by atoms with E-state index in [0.717, 1.165) is 84.0 Å². The Morgan fingerprint density at radius 2 is 0.711 bits per heavy atom. The first-order valence-corrected chi connectivity index (χ1v) is 30.6. The van der Waals surface area contributed by atoms with Crippen molar-refractivity contribution in [1.82, 2.24) is 29.5 Å². The average Bonchev–Trinajstić information content (AvgIpc) is 0.740. The van der Waals surface area contributed by atoms with Gasteiger partial charge in [-0.15, -0.1) is 0 Å². The van der Waals surface area contributed by atoms with Crippen LogP contribution in [0.1, 0.15) is 11.1 Å². The highest BCUT2D eigenvalue weighted by Crippen LogP contribution is 2.45. The molecule has 0 spiro atoms. The van der Waals surface area contributed by atoms with Gasteiger partial charge in [-0.3, -0.25) is 0 Å². The van der Waals surface area contributed by atoms with Crippen LogP contribution in [0.3, 0.4) is 0 Å². The Kier molecular flexibility index (Phi) is 12.6. The molecule has 2 aliphatic heterocycles. The molecule has 2 aliphatic rings. The molecule has 0 saturated heterocycles. The van der Waals surface area contributed by atoms with Gasteiger partial charge in [-0.25, -0.2) is 24.9 Å². The summed E-state index contributed by atoms with van der Waals surface area (Å²) in [5.74, 6) is 2.34. The summed E-state index contributed by atoms with van der Waals surface area (Å²) in [5, 5.41) is 2.38. The maximum Gasteiger partial charge on any atom is 0.252 e. The molecule has 0 amide bonds. The van der Waals surface area contributed by atoms with Gasteiger partial charge < -0.3 is 14.4 Å². The predicted molar refractivity (Wildman–Crippen MR) is 371 cm³/mol. The second-order valence-electron chi connectivity index (χ2n) is 23.4. The van der Waals surface area contributed by atoms with Crippen LogP contribution in [0.15, 0.2) is 297 Å². The first-order valence-electron chi connectivity index (χ1n) is 30.6. The molecule has 0 N–H and O–H groups in total. The Hall–Kier alpha value is -11.8. The third-order valence-electron chi connectivity index (χ3n) is 17.7. The lowest BCUT2D eigenvalue weighted by Gasteiger charge is -2.44. The number of aryl methyl sites for hydroxylation is 2. The predicted octanol–water partition coefficient (Wildman–Crippen LogP) is 18.1. The molecular weight excluding hydrogens is 1100 g/mol. The molecule has 0 aliphatic carbocycles. The minimum Gasteiger partial charge on any atom is -0.311 e. The van der Waals surface area contributed by atoms with Gasteiger partial charge in [-0.2, -0.15) is 0 Å². The van der Waals surface area contributed by atoms with E-state index in [9.17, 15) is 0 Å². The zero-order chi connectivity index (χ0) is 59.8. The molecule has 0 saturated carbocycles. The summed E-state index contributed by atoms with van der Waals surface area (Å²) in [6, 6.07) is 106. The third-order valence-corrected chi connectivity index (χ3v) is 17.7. The molecule has 3 aromatic heterocycles. The SMILES string of the molecule is Cc1ccc2c(c1)c1cc(C)ccc1n2-c1ccc(-c2nc(-c3ccccc3)nc(-c3ccccc3)n2)cc1-c1cc(-c2ccccc2)nc(-c2cccc(-c3ccc(N4c5ccccc5B5c6ccccc6N(c6ccccc6)c6cccc4c65)cc3)c2)n1. The largest absolute Gasteiger partial charge is 0.311 e. The average molecular weight is 1150 g/mol. The van der Waals surface area contributed by atoms with Gasteiger partial charge in [0.2, 0.25) is 0 Å². The smallest absolute Gasteiger partial charge is 0.252 e. The highest BCUT2D eigenvalue weighted by atomic mass is 15.2. The van der Waals surface area contributed by atoms with Gasteiger partial charge in [-0.05, 0) is 144 Å². The number of hydrogen-bond acceptors (Lipinski definition) is 7. The van der Waals surface area contributed by atoms with Crippen LogP contribution in [0, 0.1) is 13.8 Å². The summed E-state index contributed by atoms with van der Waals surface area (Å²) in [6.07, 6.45) is 0. The summed E-state index contributed by atoms with van der Waals surface area (Å²) in [6.45, 7) is 4.39. The molecule has 17 rings (SSSR count). The van der Waals surface area contributed by atoms with Crippen molar-refractivity contribution >= 4 is 79.0 Å². The van der Waals surface area contributed by atoms with Crippen molar-refractivity contribution in [3.05, 3.63) is 308 Å². The number of nitrogens with zero attached hydrogens (tertiary/aromatic N) is 8. The van der Waals surface area contributed by atoms with Crippen LogP contribution in [0.5, 0.6) is 0 Å². The van der Waals surface area contributed by atoms with E-state index in [1.54, 1.807) is 0 Å². The van der Waals surface area contributed by atoms with E-state index < -0.39 is 0 Å². The van der Waals surface area contributed by atoms with Crippen LogP contribution >= 0.6 is 0 Å². The number of anilines is 6. The fourth-order valence-corrected chi connectivity index (χ4v) is 13.6. The number of hydrogen-bond donors (Lipinski definition) is 0. The third kappa shape index (κ3) is 8.97. The van der Waals surface area contributed by atoms with Crippen LogP contribution in [0.25, 0.3) is 107 Å². The molecule has 0 fully saturated rings. The van der Waals surface area contributed by atoms with Crippen LogP contribution in [0.2, 0.25) is 0 Å². The second-order valence-corrected chi connectivity index (χ2v) is 23.4. The molecule has 15 aromatic rings. The quantitative estimate of drug-likeness (QED) is 0.126. The lowest BCUT2D eigenvalue weighted by Crippen LogP contribution is -2.61. The maximum absolute atomic E-state index is 5.65. The lowest BCUT2D eigenvalue weighted by molar-refractivity contribution is 1.07. The standard InChI is InChI=1S/C81H55BN8/c1-52-37-44-70-63(47-52)64-48-53(2)38-45-71(64)90(70)72-46-41-60(81-86-78(56-23-9-4-10-24-56)85-79(87-81)57-25-11-5-12-26-57)50-65(72)69-51-68(55-21-7-3-8-22-55)83-80(84-69)59-28-19-27-58(49-59)54-39-42-62(43-40-54)89-74-34-18-16-32-67(74)82-66-31-15-17-33-73(66)88(61-29-13-6-14-30-61)75-35-20-36-76(89)77(75)82/h3-51H,1-2H3. The summed E-state index contributed by atoms with van der Waals surface area (Å²) in [4.78, 5) is 31.5. The number of fused-ring (bicyclic) bond motifs is 7. The van der Waals surface area contributed by atoms with E-state index in [0.29, 0.717) is 23.3 Å². The van der Waals surface area contributed by atoms with Gasteiger partial charge >= 0.3 is 0 Å². The monoisotopic (exact) mass is 1150 g/mol. The van der Waals surface area contributed by atoms with E-state index in [1.165, 1.54) is 61.0 Å². The second kappa shape index (κ2) is 21.6. The first-order chi connectivity index (χ1) is 44.4. The Bertz CT molecular complexity index is 5170. The van der Waals surface area contributed by atoms with Gasteiger partial charge in [0, 0.05) is 78.3 Å². The summed E-state index contributed by atoms with van der Waals surface area (Å²) >= 11 is 0.